The highest BCUT2D eigenvalue weighted by Crippen LogP contribution is 2.33. The van der Waals surface area contributed by atoms with E-state index < -0.39 is 40.5 Å². The average molecular weight is 574 g/mol. The molecule has 1 atom stereocenters. The smallest absolute Gasteiger partial charge is 0.417 e. The summed E-state index contributed by atoms with van der Waals surface area (Å²) >= 11 is 0. The molecule has 0 bridgehead atoms. The van der Waals surface area contributed by atoms with Gasteiger partial charge in [-0.05, 0) is 52.9 Å². The van der Waals surface area contributed by atoms with Gasteiger partial charge in [-0.2, -0.15) is 13.2 Å². The molecule has 12 heteroatoms. The normalized spacial score (nSPS) is 18.3. The molecular formula is C29H34F3N5O4. The number of aromatic nitrogens is 1. The molecule has 0 radical (unpaired) electrons. The molecule has 0 unspecified atom stereocenters. The number of halogens is 3. The largest absolute Gasteiger partial charge is 0.444 e. The van der Waals surface area contributed by atoms with Crippen molar-refractivity contribution in [3.8, 4) is 11.8 Å². The molecule has 0 spiro atoms. The number of nitrogens with zero attached hydrogens (tertiary/aromatic N) is 3. The molecule has 1 aromatic heterocycles. The van der Waals surface area contributed by atoms with Crippen molar-refractivity contribution in [1.29, 1.82) is 0 Å². The van der Waals surface area contributed by atoms with Crippen LogP contribution in [0, 0.1) is 17.8 Å². The quantitative estimate of drug-likeness (QED) is 0.539. The van der Waals surface area contributed by atoms with Crippen LogP contribution in [0.2, 0.25) is 0 Å². The van der Waals surface area contributed by atoms with Gasteiger partial charge < -0.3 is 29.7 Å². The van der Waals surface area contributed by atoms with Crippen LogP contribution in [0.1, 0.15) is 49.2 Å². The number of alkyl halides is 3. The van der Waals surface area contributed by atoms with Crippen LogP contribution in [0.3, 0.4) is 0 Å². The van der Waals surface area contributed by atoms with E-state index >= 15 is 0 Å². The first kappa shape index (κ1) is 30.0. The third kappa shape index (κ3) is 7.41. The number of piperazine rings is 1. The van der Waals surface area contributed by atoms with E-state index in [-0.39, 0.29) is 12.0 Å². The molecule has 2 aliphatic heterocycles. The molecule has 0 aliphatic carbocycles. The van der Waals surface area contributed by atoms with E-state index in [4.69, 9.17) is 4.74 Å². The maximum Gasteiger partial charge on any atom is 0.417 e. The molecule has 2 N–H and O–H groups in total. The summed E-state index contributed by atoms with van der Waals surface area (Å²) in [6.07, 6.45) is -4.51. The van der Waals surface area contributed by atoms with Gasteiger partial charge in [-0.15, -0.1) is 0 Å². The van der Waals surface area contributed by atoms with Gasteiger partial charge in [0.1, 0.15) is 5.60 Å². The predicted octanol–water partition coefficient (Wildman–Crippen LogP) is 4.00. The second kappa shape index (κ2) is 11.5. The Balaban J connectivity index is 1.58. The summed E-state index contributed by atoms with van der Waals surface area (Å²) < 4.78 is 46.2. The fraction of sp³-hybridized carbons (Fsp3) is 0.483. The third-order valence-corrected chi connectivity index (χ3v) is 6.97. The van der Waals surface area contributed by atoms with Crippen LogP contribution in [-0.2, 0) is 10.9 Å². The zero-order valence-electron chi connectivity index (χ0n) is 23.7. The van der Waals surface area contributed by atoms with E-state index in [1.807, 2.05) is 7.05 Å². The van der Waals surface area contributed by atoms with Crippen LogP contribution >= 0.6 is 0 Å². The van der Waals surface area contributed by atoms with Crippen molar-refractivity contribution in [3.63, 3.8) is 0 Å². The summed E-state index contributed by atoms with van der Waals surface area (Å²) in [7, 11) is 2.02. The lowest BCUT2D eigenvalue weighted by molar-refractivity contribution is -0.138. The van der Waals surface area contributed by atoms with E-state index in [1.165, 1.54) is 0 Å². The summed E-state index contributed by atoms with van der Waals surface area (Å²) in [4.78, 5) is 44.9. The first-order valence-corrected chi connectivity index (χ1v) is 13.3. The number of hydrogen-bond acceptors (Lipinski definition) is 6. The van der Waals surface area contributed by atoms with Gasteiger partial charge in [-0.25, -0.2) is 4.79 Å². The number of carbonyl (C=O) groups is 2. The fourth-order valence-corrected chi connectivity index (χ4v) is 4.57. The molecule has 220 valence electrons. The van der Waals surface area contributed by atoms with E-state index in [9.17, 15) is 27.6 Å². The van der Waals surface area contributed by atoms with Crippen molar-refractivity contribution in [3.05, 3.63) is 57.5 Å². The summed E-state index contributed by atoms with van der Waals surface area (Å²) in [5, 5.41) is 2.63. The number of likely N-dealkylation sites (tertiary alicyclic amines) is 1. The summed E-state index contributed by atoms with van der Waals surface area (Å²) in [5.41, 5.74) is -2.04. The molecule has 41 heavy (non-hydrogen) atoms. The molecule has 3 heterocycles. The summed E-state index contributed by atoms with van der Waals surface area (Å²) in [5.74, 6) is 5.12. The maximum absolute atomic E-state index is 13.6. The average Bonchev–Trinajstić information content (AvgIpc) is 2.83. The van der Waals surface area contributed by atoms with Crippen molar-refractivity contribution in [2.75, 3.05) is 50.0 Å². The highest BCUT2D eigenvalue weighted by molar-refractivity contribution is 6.07. The van der Waals surface area contributed by atoms with Crippen LogP contribution in [0.25, 0.3) is 0 Å². The highest BCUT2D eigenvalue weighted by Gasteiger charge is 2.36. The Morgan fingerprint density at radius 3 is 2.44 bits per heavy atom. The van der Waals surface area contributed by atoms with Gasteiger partial charge in [0, 0.05) is 56.6 Å². The Morgan fingerprint density at radius 2 is 1.80 bits per heavy atom. The van der Waals surface area contributed by atoms with Crippen molar-refractivity contribution in [1.82, 2.24) is 14.8 Å². The topological polar surface area (TPSA) is 98.0 Å². The monoisotopic (exact) mass is 573 g/mol. The van der Waals surface area contributed by atoms with Crippen LogP contribution in [0.5, 0.6) is 0 Å². The Bertz CT molecular complexity index is 1430. The number of nitrogens with one attached hydrogen (secondary N) is 2. The van der Waals surface area contributed by atoms with Crippen LogP contribution in [0.15, 0.2) is 35.3 Å². The Kier molecular flexibility index (Phi) is 8.40. The number of ether oxygens (including phenoxy) is 1. The van der Waals surface area contributed by atoms with Gasteiger partial charge in [-0.1, -0.05) is 11.8 Å². The lowest BCUT2D eigenvalue weighted by Gasteiger charge is -2.39. The number of aromatic amines is 1. The van der Waals surface area contributed by atoms with Crippen LogP contribution < -0.4 is 15.8 Å². The Morgan fingerprint density at radius 1 is 1.10 bits per heavy atom. The minimum absolute atomic E-state index is 0.0609. The molecular weight excluding hydrogens is 539 g/mol. The molecule has 2 fully saturated rings. The maximum atomic E-state index is 13.6. The standard InChI is InChI=1S/C29H34F3N5O4/c1-18-15-36(11-10-35(18)5)24-9-8-19(6-7-20-16-37(17-20)27(40)41-28(2,3)4)12-23(24)34-26(39)21-14-33-25(38)13-22(21)29(30,31)32/h8-9,12-14,18,20H,10-11,15-17H2,1-5H3,(H,33,38)(H,34,39)/t18-/m0/s1. The Labute approximate surface area is 236 Å². The molecule has 2 amide bonds. The van der Waals surface area contributed by atoms with Gasteiger partial charge in [0.15, 0.2) is 0 Å². The molecule has 2 aliphatic rings. The lowest BCUT2D eigenvalue weighted by Crippen LogP contribution is -2.51. The summed E-state index contributed by atoms with van der Waals surface area (Å²) in [6.45, 7) is 10.4. The number of carbonyl (C=O) groups excluding carboxylic acids is 2. The number of hydrogen-bond donors (Lipinski definition) is 2. The molecule has 2 saturated heterocycles. The first-order valence-electron chi connectivity index (χ1n) is 13.3. The minimum Gasteiger partial charge on any atom is -0.444 e. The van der Waals surface area contributed by atoms with Crippen LogP contribution in [-0.4, -0.2) is 78.2 Å². The number of H-pyrrole nitrogens is 1. The first-order chi connectivity index (χ1) is 19.1. The molecule has 9 nitrogen and oxygen atoms in total. The number of benzene rings is 1. The van der Waals surface area contributed by atoms with E-state index in [1.54, 1.807) is 43.9 Å². The summed E-state index contributed by atoms with van der Waals surface area (Å²) in [6, 6.07) is 5.82. The van der Waals surface area contributed by atoms with Crippen molar-refractivity contribution in [2.45, 2.75) is 45.5 Å². The van der Waals surface area contributed by atoms with Crippen molar-refractivity contribution < 1.29 is 27.5 Å². The SMILES string of the molecule is C[C@H]1CN(c2ccc(C#CC3CN(C(=O)OC(C)(C)C)C3)cc2NC(=O)c2c[nH]c(=O)cc2C(F)(F)F)CCN1C. The zero-order chi connectivity index (χ0) is 30.1. The molecule has 1 aromatic carbocycles. The number of amides is 2. The number of anilines is 2. The van der Waals surface area contributed by atoms with Gasteiger partial charge in [-0.3, -0.25) is 9.59 Å². The second-order valence-corrected chi connectivity index (χ2v) is 11.4. The number of pyridine rings is 1. The fourth-order valence-electron chi connectivity index (χ4n) is 4.57. The van der Waals surface area contributed by atoms with E-state index in [0.717, 1.165) is 12.7 Å². The highest BCUT2D eigenvalue weighted by atomic mass is 19.4. The lowest BCUT2D eigenvalue weighted by atomic mass is 10.0. The van der Waals surface area contributed by atoms with Crippen LogP contribution in [0.4, 0.5) is 29.3 Å². The number of likely N-dealkylation sites (N-methyl/N-ethyl adjacent to an activating group) is 1. The van der Waals surface area contributed by atoms with Gasteiger partial charge in [0.25, 0.3) is 5.91 Å². The third-order valence-electron chi connectivity index (χ3n) is 6.97. The van der Waals surface area contributed by atoms with Crippen molar-refractivity contribution >= 4 is 23.4 Å². The minimum atomic E-state index is -4.89. The Hall–Kier alpha value is -3.98. The van der Waals surface area contributed by atoms with E-state index in [0.29, 0.717) is 49.2 Å². The number of rotatable bonds is 3. The molecule has 0 saturated carbocycles. The van der Waals surface area contributed by atoms with Gasteiger partial charge >= 0.3 is 12.3 Å². The van der Waals surface area contributed by atoms with Gasteiger partial charge in [0.05, 0.1) is 28.4 Å². The molecule has 2 aromatic rings. The molecule has 4 rings (SSSR count). The van der Waals surface area contributed by atoms with E-state index in [2.05, 4.69) is 38.9 Å². The second-order valence-electron chi connectivity index (χ2n) is 11.4. The zero-order valence-corrected chi connectivity index (χ0v) is 23.7. The predicted molar refractivity (Wildman–Crippen MR) is 149 cm³/mol. The van der Waals surface area contributed by atoms with Crippen molar-refractivity contribution in [2.24, 2.45) is 5.92 Å². The van der Waals surface area contributed by atoms with Gasteiger partial charge in [0.2, 0.25) is 5.56 Å².